The summed E-state index contributed by atoms with van der Waals surface area (Å²) in [7, 11) is -3.57. The molecule has 0 saturated carbocycles. The molecule has 1 aliphatic heterocycles. The van der Waals surface area contributed by atoms with E-state index in [1.165, 1.54) is 12.8 Å². The minimum atomic E-state index is -3.57. The largest absolute Gasteiger partial charge is 0.492 e. The van der Waals surface area contributed by atoms with Gasteiger partial charge in [0, 0.05) is 11.9 Å². The van der Waals surface area contributed by atoms with Crippen LogP contribution in [-0.2, 0) is 9.84 Å². The number of nitrogens with one attached hydrogen (secondary N) is 1. The predicted molar refractivity (Wildman–Crippen MR) is 101 cm³/mol. The van der Waals surface area contributed by atoms with Crippen LogP contribution in [-0.4, -0.2) is 44.5 Å². The van der Waals surface area contributed by atoms with Gasteiger partial charge in [-0.2, -0.15) is 0 Å². The molecule has 0 aliphatic carbocycles. The molecule has 1 N–H and O–H groups in total. The van der Waals surface area contributed by atoms with Crippen LogP contribution in [0.15, 0.2) is 64.5 Å². The molecule has 3 aromatic rings. The van der Waals surface area contributed by atoms with Gasteiger partial charge in [-0.15, -0.1) is 0 Å². The number of hydrogen-bond donors (Lipinski definition) is 1. The van der Waals surface area contributed by atoms with Gasteiger partial charge in [0.05, 0.1) is 10.4 Å². The zero-order valence-corrected chi connectivity index (χ0v) is 15.3. The highest BCUT2D eigenvalue weighted by atomic mass is 32.2. The summed E-state index contributed by atoms with van der Waals surface area (Å²) in [6.07, 6.45) is 2.52. The molecule has 0 atom stereocenters. The lowest BCUT2D eigenvalue weighted by Crippen LogP contribution is -2.25. The van der Waals surface area contributed by atoms with E-state index in [-0.39, 0.29) is 9.92 Å². The second kappa shape index (κ2) is 7.13. The van der Waals surface area contributed by atoms with E-state index in [4.69, 9.17) is 4.74 Å². The fourth-order valence-electron chi connectivity index (χ4n) is 3.39. The Morgan fingerprint density at radius 2 is 1.77 bits per heavy atom. The normalized spacial score (nSPS) is 15.5. The number of likely N-dealkylation sites (tertiary alicyclic amines) is 1. The first-order valence-corrected chi connectivity index (χ1v) is 10.4. The maximum absolute atomic E-state index is 12.8. The van der Waals surface area contributed by atoms with E-state index < -0.39 is 9.84 Å². The summed E-state index contributed by atoms with van der Waals surface area (Å²) in [5.41, 5.74) is 0.762. The van der Waals surface area contributed by atoms with Gasteiger partial charge < -0.3 is 9.72 Å². The summed E-state index contributed by atoms with van der Waals surface area (Å²) >= 11 is 0. The lowest BCUT2D eigenvalue weighted by molar-refractivity contribution is 0.239. The van der Waals surface area contributed by atoms with Crippen LogP contribution < -0.4 is 4.74 Å². The van der Waals surface area contributed by atoms with E-state index in [9.17, 15) is 8.42 Å². The smallest absolute Gasteiger partial charge is 0.221 e. The van der Waals surface area contributed by atoms with Crippen molar-refractivity contribution in [1.29, 1.82) is 0 Å². The molecule has 0 bridgehead atoms. The van der Waals surface area contributed by atoms with Crippen molar-refractivity contribution in [3.05, 3.63) is 54.6 Å². The second-order valence-corrected chi connectivity index (χ2v) is 8.48. The quantitative estimate of drug-likeness (QED) is 0.722. The van der Waals surface area contributed by atoms with Crippen LogP contribution in [0.4, 0.5) is 0 Å². The van der Waals surface area contributed by atoms with Gasteiger partial charge in [-0.05, 0) is 56.3 Å². The van der Waals surface area contributed by atoms with E-state index in [2.05, 4.69) is 9.88 Å². The maximum Gasteiger partial charge on any atom is 0.221 e. The minimum Gasteiger partial charge on any atom is -0.492 e. The van der Waals surface area contributed by atoms with E-state index >= 15 is 0 Å². The number of aromatic amines is 1. The molecule has 0 radical (unpaired) electrons. The zero-order chi connectivity index (χ0) is 18.0. The highest BCUT2D eigenvalue weighted by Crippen LogP contribution is 2.30. The third-order valence-corrected chi connectivity index (χ3v) is 6.50. The molecular weight excluding hydrogens is 348 g/mol. The van der Waals surface area contributed by atoms with Crippen LogP contribution in [0.5, 0.6) is 5.75 Å². The summed E-state index contributed by atoms with van der Waals surface area (Å²) in [5, 5.41) is 0.984. The van der Waals surface area contributed by atoms with Crippen LogP contribution in [0.3, 0.4) is 0 Å². The Morgan fingerprint density at radius 3 is 2.54 bits per heavy atom. The summed E-state index contributed by atoms with van der Waals surface area (Å²) in [6.45, 7) is 3.77. The standard InChI is InChI=1S/C20H22N2O3S/c23-26(24,16-7-2-1-3-8-16)20-15-17-18(21-20)9-6-10-19(17)25-14-13-22-11-4-5-12-22/h1-3,6-10,15,21H,4-5,11-14H2. The van der Waals surface area contributed by atoms with Crippen LogP contribution in [0.2, 0.25) is 0 Å². The number of benzene rings is 2. The lowest BCUT2D eigenvalue weighted by Gasteiger charge is -2.15. The SMILES string of the molecule is O=S(=O)(c1ccccc1)c1cc2c(OCCN3CCCC3)cccc2[nH]1. The Labute approximate surface area is 153 Å². The van der Waals surface area contributed by atoms with E-state index in [1.54, 1.807) is 36.4 Å². The fraction of sp³-hybridized carbons (Fsp3) is 0.300. The Balaban J connectivity index is 1.59. The highest BCUT2D eigenvalue weighted by molar-refractivity contribution is 7.91. The van der Waals surface area contributed by atoms with Crippen LogP contribution in [0, 0.1) is 0 Å². The molecule has 2 aromatic carbocycles. The summed E-state index contributed by atoms with van der Waals surface area (Å²) in [4.78, 5) is 5.70. The molecule has 4 rings (SSSR count). The van der Waals surface area contributed by atoms with Crippen molar-refractivity contribution in [3.63, 3.8) is 0 Å². The van der Waals surface area contributed by atoms with Crippen LogP contribution >= 0.6 is 0 Å². The third kappa shape index (κ3) is 3.34. The van der Waals surface area contributed by atoms with E-state index in [1.807, 2.05) is 18.2 Å². The number of ether oxygens (including phenoxy) is 1. The van der Waals surface area contributed by atoms with Crippen molar-refractivity contribution in [2.24, 2.45) is 0 Å². The number of sulfone groups is 1. The number of aromatic nitrogens is 1. The molecule has 136 valence electrons. The monoisotopic (exact) mass is 370 g/mol. The molecule has 26 heavy (non-hydrogen) atoms. The first kappa shape index (κ1) is 17.1. The van der Waals surface area contributed by atoms with Gasteiger partial charge in [0.15, 0.2) is 0 Å². The van der Waals surface area contributed by atoms with Crippen molar-refractivity contribution in [2.75, 3.05) is 26.2 Å². The van der Waals surface area contributed by atoms with Crippen molar-refractivity contribution < 1.29 is 13.2 Å². The Morgan fingerprint density at radius 1 is 1.00 bits per heavy atom. The number of fused-ring (bicyclic) bond motifs is 1. The Bertz CT molecular complexity index is 990. The van der Waals surface area contributed by atoms with Gasteiger partial charge >= 0.3 is 0 Å². The van der Waals surface area contributed by atoms with E-state index in [0.717, 1.165) is 30.5 Å². The average Bonchev–Trinajstić information content (AvgIpc) is 3.32. The second-order valence-electron chi connectivity index (χ2n) is 6.56. The van der Waals surface area contributed by atoms with Crippen molar-refractivity contribution in [2.45, 2.75) is 22.8 Å². The lowest BCUT2D eigenvalue weighted by atomic mass is 10.2. The first-order valence-electron chi connectivity index (χ1n) is 8.92. The van der Waals surface area contributed by atoms with Gasteiger partial charge in [-0.3, -0.25) is 4.90 Å². The predicted octanol–water partition coefficient (Wildman–Crippen LogP) is 3.48. The fourth-order valence-corrected chi connectivity index (χ4v) is 4.68. The number of H-pyrrole nitrogens is 1. The maximum atomic E-state index is 12.8. The highest BCUT2D eigenvalue weighted by Gasteiger charge is 2.21. The molecule has 0 spiro atoms. The van der Waals surface area contributed by atoms with Crippen LogP contribution in [0.25, 0.3) is 10.9 Å². The Hall–Kier alpha value is -2.31. The minimum absolute atomic E-state index is 0.189. The van der Waals surface area contributed by atoms with Gasteiger partial charge in [-0.25, -0.2) is 8.42 Å². The van der Waals surface area contributed by atoms with Gasteiger partial charge in [0.25, 0.3) is 0 Å². The van der Waals surface area contributed by atoms with Crippen LogP contribution in [0.1, 0.15) is 12.8 Å². The van der Waals surface area contributed by atoms with E-state index in [0.29, 0.717) is 12.4 Å². The molecule has 1 aliphatic rings. The third-order valence-electron chi connectivity index (χ3n) is 4.81. The summed E-state index contributed by atoms with van der Waals surface area (Å²) in [6, 6.07) is 15.8. The Kier molecular flexibility index (Phi) is 4.70. The van der Waals surface area contributed by atoms with Crippen molar-refractivity contribution in [3.8, 4) is 5.75 Å². The molecule has 1 aromatic heterocycles. The molecule has 0 unspecified atom stereocenters. The average molecular weight is 370 g/mol. The zero-order valence-electron chi connectivity index (χ0n) is 14.5. The number of rotatable bonds is 6. The van der Waals surface area contributed by atoms with Gasteiger partial charge in [0.2, 0.25) is 9.84 Å². The molecule has 5 nitrogen and oxygen atoms in total. The molecular formula is C20H22N2O3S. The van der Waals surface area contributed by atoms with Gasteiger partial charge in [0.1, 0.15) is 17.4 Å². The van der Waals surface area contributed by atoms with Gasteiger partial charge in [-0.1, -0.05) is 24.3 Å². The van der Waals surface area contributed by atoms with Crippen molar-refractivity contribution in [1.82, 2.24) is 9.88 Å². The molecule has 6 heteroatoms. The number of nitrogens with zero attached hydrogens (tertiary/aromatic N) is 1. The molecule has 0 amide bonds. The molecule has 1 saturated heterocycles. The summed E-state index contributed by atoms with van der Waals surface area (Å²) in [5.74, 6) is 0.715. The van der Waals surface area contributed by atoms with Crippen molar-refractivity contribution >= 4 is 20.7 Å². The first-order chi connectivity index (χ1) is 12.6. The molecule has 2 heterocycles. The summed E-state index contributed by atoms with van der Waals surface area (Å²) < 4.78 is 31.6. The number of hydrogen-bond acceptors (Lipinski definition) is 4. The topological polar surface area (TPSA) is 62.4 Å². The molecule has 1 fully saturated rings.